The van der Waals surface area contributed by atoms with Gasteiger partial charge in [-0.1, -0.05) is 66.2 Å². The molecular weight excluding hydrogens is 538 g/mol. The summed E-state index contributed by atoms with van der Waals surface area (Å²) in [5.74, 6) is -0.639. The second-order valence-corrected chi connectivity index (χ2v) is 11.7. The van der Waals surface area contributed by atoms with Crippen molar-refractivity contribution in [2.75, 3.05) is 13.2 Å². The van der Waals surface area contributed by atoms with Gasteiger partial charge in [0.25, 0.3) is 0 Å². The fourth-order valence-corrected chi connectivity index (χ4v) is 5.64. The van der Waals surface area contributed by atoms with E-state index in [1.54, 1.807) is 60.7 Å². The predicted molar refractivity (Wildman–Crippen MR) is 149 cm³/mol. The van der Waals surface area contributed by atoms with Crippen LogP contribution in [0.5, 0.6) is 0 Å². The predicted octanol–water partition coefficient (Wildman–Crippen LogP) is 3.59. The maximum atomic E-state index is 13.7. The van der Waals surface area contributed by atoms with Crippen molar-refractivity contribution in [2.24, 2.45) is 0 Å². The van der Waals surface area contributed by atoms with E-state index in [4.69, 9.17) is 11.6 Å². The molecule has 39 heavy (non-hydrogen) atoms. The monoisotopic (exact) mass is 569 g/mol. The van der Waals surface area contributed by atoms with Gasteiger partial charge in [0.1, 0.15) is 6.04 Å². The highest BCUT2D eigenvalue weighted by atomic mass is 35.5. The van der Waals surface area contributed by atoms with Gasteiger partial charge >= 0.3 is 0 Å². The first-order chi connectivity index (χ1) is 18.8. The number of hydrogen-bond donors (Lipinski definition) is 3. The Labute approximate surface area is 234 Å². The molecule has 206 valence electrons. The molecule has 1 saturated carbocycles. The Bertz CT molecular complexity index is 1360. The average molecular weight is 570 g/mol. The summed E-state index contributed by atoms with van der Waals surface area (Å²) in [4.78, 5) is 28.7. The van der Waals surface area contributed by atoms with Crippen LogP contribution in [0.25, 0.3) is 0 Å². The second-order valence-electron chi connectivity index (χ2n) is 9.52. The summed E-state index contributed by atoms with van der Waals surface area (Å²) in [6.07, 6.45) is 2.19. The first kappa shape index (κ1) is 28.8. The van der Waals surface area contributed by atoms with E-state index in [1.807, 2.05) is 18.2 Å². The Hall–Kier alpha value is -3.24. The SMILES string of the molecule is O=C(NCCO)[C@H](c1ccccc1)N(Cc1ccc(Cl)cc1)C(=O)CCc1ccc(S(=O)(=O)NC2CC2)cc1. The Balaban J connectivity index is 1.55. The van der Waals surface area contributed by atoms with Gasteiger partial charge in [-0.2, -0.15) is 0 Å². The highest BCUT2D eigenvalue weighted by Gasteiger charge is 2.31. The summed E-state index contributed by atoms with van der Waals surface area (Å²) in [7, 11) is -3.55. The van der Waals surface area contributed by atoms with Gasteiger partial charge in [0.15, 0.2) is 0 Å². The number of benzene rings is 3. The quantitative estimate of drug-likeness (QED) is 0.291. The van der Waals surface area contributed by atoms with Gasteiger partial charge in [-0.05, 0) is 60.2 Å². The van der Waals surface area contributed by atoms with E-state index in [-0.39, 0.29) is 43.0 Å². The van der Waals surface area contributed by atoms with Crippen LogP contribution in [0.15, 0.2) is 83.8 Å². The normalized spacial score (nSPS) is 14.0. The summed E-state index contributed by atoms with van der Waals surface area (Å²) in [6.45, 7) is 0.0163. The average Bonchev–Trinajstić information content (AvgIpc) is 3.75. The van der Waals surface area contributed by atoms with Crippen molar-refractivity contribution >= 4 is 33.4 Å². The van der Waals surface area contributed by atoms with E-state index in [9.17, 15) is 23.1 Å². The number of rotatable bonds is 13. The second kappa shape index (κ2) is 13.2. The number of sulfonamides is 1. The first-order valence-electron chi connectivity index (χ1n) is 12.9. The van der Waals surface area contributed by atoms with E-state index in [2.05, 4.69) is 10.0 Å². The number of aliphatic hydroxyl groups is 1. The number of halogens is 1. The number of aryl methyl sites for hydroxylation is 1. The maximum absolute atomic E-state index is 13.7. The molecule has 0 radical (unpaired) electrons. The summed E-state index contributed by atoms with van der Waals surface area (Å²) in [5, 5.41) is 12.5. The largest absolute Gasteiger partial charge is 0.395 e. The van der Waals surface area contributed by atoms with Crippen molar-refractivity contribution < 1.29 is 23.1 Å². The van der Waals surface area contributed by atoms with Crippen LogP contribution in [0.4, 0.5) is 0 Å². The van der Waals surface area contributed by atoms with Gasteiger partial charge in [-0.3, -0.25) is 9.59 Å². The number of amides is 2. The van der Waals surface area contributed by atoms with Crippen molar-refractivity contribution in [1.29, 1.82) is 0 Å². The molecule has 1 fully saturated rings. The van der Waals surface area contributed by atoms with Gasteiger partial charge in [-0.15, -0.1) is 0 Å². The topological polar surface area (TPSA) is 116 Å². The smallest absolute Gasteiger partial charge is 0.247 e. The van der Waals surface area contributed by atoms with Gasteiger partial charge in [0.2, 0.25) is 21.8 Å². The molecule has 0 heterocycles. The first-order valence-corrected chi connectivity index (χ1v) is 14.7. The van der Waals surface area contributed by atoms with Crippen LogP contribution >= 0.6 is 11.6 Å². The van der Waals surface area contributed by atoms with Crippen LogP contribution in [0, 0.1) is 0 Å². The summed E-state index contributed by atoms with van der Waals surface area (Å²) < 4.78 is 27.6. The highest BCUT2D eigenvalue weighted by molar-refractivity contribution is 7.89. The van der Waals surface area contributed by atoms with Crippen molar-refractivity contribution in [3.05, 3.63) is 101 Å². The minimum Gasteiger partial charge on any atom is -0.395 e. The minimum absolute atomic E-state index is 0.0195. The summed E-state index contributed by atoms with van der Waals surface area (Å²) >= 11 is 6.05. The molecule has 2 amide bonds. The molecule has 1 aliphatic rings. The van der Waals surface area contributed by atoms with Crippen LogP contribution in [-0.4, -0.2) is 49.4 Å². The molecule has 1 atom stereocenters. The van der Waals surface area contributed by atoms with Crippen LogP contribution < -0.4 is 10.0 Å². The molecule has 4 rings (SSSR count). The maximum Gasteiger partial charge on any atom is 0.247 e. The van der Waals surface area contributed by atoms with E-state index >= 15 is 0 Å². The minimum atomic E-state index is -3.55. The van der Waals surface area contributed by atoms with E-state index in [1.165, 1.54) is 4.90 Å². The molecule has 0 spiro atoms. The molecule has 0 aliphatic heterocycles. The van der Waals surface area contributed by atoms with Crippen LogP contribution in [-0.2, 0) is 32.6 Å². The Morgan fingerprint density at radius 3 is 2.21 bits per heavy atom. The molecule has 0 saturated heterocycles. The lowest BCUT2D eigenvalue weighted by molar-refractivity contribution is -0.141. The summed E-state index contributed by atoms with van der Waals surface area (Å²) in [5.41, 5.74) is 2.26. The zero-order valence-corrected chi connectivity index (χ0v) is 23.0. The molecule has 0 bridgehead atoms. The standard InChI is InChI=1S/C29H32ClN3O5S/c30-24-11-6-22(7-12-24)20-33(28(29(36)31-18-19-34)23-4-2-1-3-5-23)27(35)17-10-21-8-15-26(16-9-21)39(37,38)32-25-13-14-25/h1-9,11-12,15-16,25,28,32,34H,10,13-14,17-20H2,(H,31,36)/t28-/m0/s1. The van der Waals surface area contributed by atoms with E-state index in [0.717, 1.165) is 24.0 Å². The fourth-order valence-electron chi connectivity index (χ4n) is 4.21. The van der Waals surface area contributed by atoms with Crippen LogP contribution in [0.2, 0.25) is 5.02 Å². The van der Waals surface area contributed by atoms with Gasteiger partial charge in [-0.25, -0.2) is 13.1 Å². The Morgan fingerprint density at radius 2 is 1.59 bits per heavy atom. The number of carbonyl (C=O) groups excluding carboxylic acids is 2. The van der Waals surface area contributed by atoms with Crippen LogP contribution in [0.3, 0.4) is 0 Å². The number of hydrogen-bond acceptors (Lipinski definition) is 5. The Morgan fingerprint density at radius 1 is 0.949 bits per heavy atom. The van der Waals surface area contributed by atoms with Crippen molar-refractivity contribution in [3.8, 4) is 0 Å². The van der Waals surface area contributed by atoms with Crippen LogP contribution in [0.1, 0.15) is 42.0 Å². The molecule has 10 heteroatoms. The molecule has 3 aromatic rings. The molecule has 3 N–H and O–H groups in total. The molecule has 1 aliphatic carbocycles. The lowest BCUT2D eigenvalue weighted by Crippen LogP contribution is -2.44. The third-order valence-corrected chi connectivity index (χ3v) is 8.22. The Kier molecular flexibility index (Phi) is 9.74. The van der Waals surface area contributed by atoms with Crippen molar-refractivity contribution in [2.45, 2.75) is 49.2 Å². The third-order valence-electron chi connectivity index (χ3n) is 6.43. The van der Waals surface area contributed by atoms with Gasteiger partial charge < -0.3 is 15.3 Å². The zero-order valence-electron chi connectivity index (χ0n) is 21.4. The lowest BCUT2D eigenvalue weighted by atomic mass is 10.0. The lowest BCUT2D eigenvalue weighted by Gasteiger charge is -2.32. The third kappa shape index (κ3) is 8.12. The van der Waals surface area contributed by atoms with Gasteiger partial charge in [0, 0.05) is 30.6 Å². The summed E-state index contributed by atoms with van der Waals surface area (Å²) in [6, 6.07) is 21.7. The van der Waals surface area contributed by atoms with Crippen molar-refractivity contribution in [3.63, 3.8) is 0 Å². The molecule has 3 aromatic carbocycles. The van der Waals surface area contributed by atoms with Gasteiger partial charge in [0.05, 0.1) is 11.5 Å². The van der Waals surface area contributed by atoms with E-state index < -0.39 is 22.0 Å². The molecule has 0 unspecified atom stereocenters. The number of nitrogens with one attached hydrogen (secondary N) is 2. The highest BCUT2D eigenvalue weighted by Crippen LogP contribution is 2.26. The number of nitrogens with zero attached hydrogens (tertiary/aromatic N) is 1. The molecular formula is C29H32ClN3O5S. The van der Waals surface area contributed by atoms with E-state index in [0.29, 0.717) is 17.0 Å². The van der Waals surface area contributed by atoms with Crippen molar-refractivity contribution in [1.82, 2.24) is 14.9 Å². The number of carbonyl (C=O) groups is 2. The fraction of sp³-hybridized carbons (Fsp3) is 0.310. The molecule has 0 aromatic heterocycles. The number of aliphatic hydroxyl groups excluding tert-OH is 1. The molecule has 8 nitrogen and oxygen atoms in total. The zero-order chi connectivity index (χ0) is 27.8.